The van der Waals surface area contributed by atoms with Crippen LogP contribution in [0.5, 0.6) is 0 Å². The van der Waals surface area contributed by atoms with Crippen molar-refractivity contribution >= 4 is 22.9 Å². The first kappa shape index (κ1) is 17.1. The maximum Gasteiger partial charge on any atom is 0.270 e. The number of aryl methyl sites for hydroxylation is 1. The van der Waals surface area contributed by atoms with Gasteiger partial charge in [-0.15, -0.1) is 11.3 Å². The highest BCUT2D eigenvalue weighted by atomic mass is 32.1. The standard InChI is InChI=1S/C18H20N4O3S/c1-12-17(22-6-3-2-4-16(22)20-12)18(23)21-14-5-7-24-9-15(14)25-8-13-10-26-11-19-13/h2-4,6,10-11,14-15H,5,7-9H2,1H3,(H,21,23)/t14-,15-/m1/s1. The number of nitrogens with zero attached hydrogens (tertiary/aromatic N) is 3. The van der Waals surface area contributed by atoms with Crippen molar-refractivity contribution in [2.75, 3.05) is 13.2 Å². The summed E-state index contributed by atoms with van der Waals surface area (Å²) in [5.41, 5.74) is 4.70. The Balaban J connectivity index is 1.48. The summed E-state index contributed by atoms with van der Waals surface area (Å²) in [5.74, 6) is -0.143. The number of ether oxygens (including phenoxy) is 2. The first-order chi connectivity index (χ1) is 12.7. The molecule has 4 heterocycles. The Morgan fingerprint density at radius 3 is 3.27 bits per heavy atom. The van der Waals surface area contributed by atoms with Crippen LogP contribution in [0.15, 0.2) is 35.3 Å². The van der Waals surface area contributed by atoms with Crippen LogP contribution in [-0.4, -0.2) is 45.6 Å². The Bertz CT molecular complexity index is 893. The summed E-state index contributed by atoms with van der Waals surface area (Å²) in [4.78, 5) is 21.6. The third-order valence-electron chi connectivity index (χ3n) is 4.47. The zero-order valence-electron chi connectivity index (χ0n) is 14.4. The highest BCUT2D eigenvalue weighted by molar-refractivity contribution is 7.07. The summed E-state index contributed by atoms with van der Waals surface area (Å²) in [6.07, 6.45) is 2.36. The van der Waals surface area contributed by atoms with Crippen LogP contribution >= 0.6 is 11.3 Å². The third kappa shape index (κ3) is 3.48. The second-order valence-electron chi connectivity index (χ2n) is 6.25. The summed E-state index contributed by atoms with van der Waals surface area (Å²) >= 11 is 1.54. The van der Waals surface area contributed by atoms with E-state index in [0.29, 0.717) is 37.6 Å². The van der Waals surface area contributed by atoms with Crippen LogP contribution in [0, 0.1) is 6.92 Å². The summed E-state index contributed by atoms with van der Waals surface area (Å²) in [6, 6.07) is 5.57. The van der Waals surface area contributed by atoms with Crippen molar-refractivity contribution in [3.63, 3.8) is 0 Å². The van der Waals surface area contributed by atoms with Gasteiger partial charge in [0.25, 0.3) is 5.91 Å². The lowest BCUT2D eigenvalue weighted by Crippen LogP contribution is -2.50. The van der Waals surface area contributed by atoms with Crippen molar-refractivity contribution in [2.45, 2.75) is 32.1 Å². The monoisotopic (exact) mass is 372 g/mol. The number of aromatic nitrogens is 3. The molecule has 1 fully saturated rings. The molecule has 4 rings (SSSR count). The van der Waals surface area contributed by atoms with E-state index in [-0.39, 0.29) is 18.1 Å². The Morgan fingerprint density at radius 2 is 2.42 bits per heavy atom. The molecule has 3 aromatic rings. The zero-order valence-corrected chi connectivity index (χ0v) is 15.2. The molecule has 0 spiro atoms. The Labute approximate surface area is 155 Å². The van der Waals surface area contributed by atoms with Gasteiger partial charge in [0.2, 0.25) is 0 Å². The normalized spacial score (nSPS) is 20.3. The van der Waals surface area contributed by atoms with Crippen LogP contribution in [0.1, 0.15) is 28.3 Å². The Morgan fingerprint density at radius 1 is 1.50 bits per heavy atom. The van der Waals surface area contributed by atoms with Crippen LogP contribution in [0.2, 0.25) is 0 Å². The quantitative estimate of drug-likeness (QED) is 0.743. The molecule has 1 saturated heterocycles. The van der Waals surface area contributed by atoms with Crippen LogP contribution in [0.3, 0.4) is 0 Å². The van der Waals surface area contributed by atoms with Gasteiger partial charge in [0.05, 0.1) is 36.2 Å². The molecule has 0 aliphatic carbocycles. The number of carbonyl (C=O) groups is 1. The molecule has 2 atom stereocenters. The second kappa shape index (κ2) is 7.53. The van der Waals surface area contributed by atoms with Gasteiger partial charge in [-0.25, -0.2) is 9.97 Å². The van der Waals surface area contributed by atoms with E-state index in [4.69, 9.17) is 9.47 Å². The van der Waals surface area contributed by atoms with E-state index in [9.17, 15) is 4.79 Å². The summed E-state index contributed by atoms with van der Waals surface area (Å²) in [6.45, 7) is 3.33. The number of pyridine rings is 1. The summed E-state index contributed by atoms with van der Waals surface area (Å²) < 4.78 is 13.3. The first-order valence-corrected chi connectivity index (χ1v) is 9.47. The van der Waals surface area contributed by atoms with E-state index in [2.05, 4.69) is 15.3 Å². The van der Waals surface area contributed by atoms with Crippen molar-refractivity contribution in [3.05, 3.63) is 52.4 Å². The predicted molar refractivity (Wildman–Crippen MR) is 97.3 cm³/mol. The molecule has 136 valence electrons. The molecule has 0 unspecified atom stereocenters. The minimum absolute atomic E-state index is 0.108. The van der Waals surface area contributed by atoms with Crippen LogP contribution in [0.25, 0.3) is 5.65 Å². The fraction of sp³-hybridized carbons (Fsp3) is 0.389. The number of thiazole rings is 1. The van der Waals surface area contributed by atoms with Gasteiger partial charge in [0.15, 0.2) is 0 Å². The van der Waals surface area contributed by atoms with E-state index in [1.165, 1.54) is 11.3 Å². The van der Waals surface area contributed by atoms with Gasteiger partial charge in [0.1, 0.15) is 17.4 Å². The van der Waals surface area contributed by atoms with Crippen LogP contribution < -0.4 is 5.32 Å². The van der Waals surface area contributed by atoms with Gasteiger partial charge in [-0.1, -0.05) is 6.07 Å². The van der Waals surface area contributed by atoms with Crippen LogP contribution in [0.4, 0.5) is 0 Å². The van der Waals surface area contributed by atoms with Crippen molar-refractivity contribution in [3.8, 4) is 0 Å². The molecule has 3 aromatic heterocycles. The summed E-state index contributed by atoms with van der Waals surface area (Å²) in [5, 5.41) is 5.07. The fourth-order valence-electron chi connectivity index (χ4n) is 3.17. The molecule has 26 heavy (non-hydrogen) atoms. The number of hydrogen-bond acceptors (Lipinski definition) is 6. The molecular weight excluding hydrogens is 352 g/mol. The van der Waals surface area contributed by atoms with E-state index < -0.39 is 0 Å². The van der Waals surface area contributed by atoms with Crippen molar-refractivity contribution < 1.29 is 14.3 Å². The molecule has 1 amide bonds. The SMILES string of the molecule is Cc1nc2ccccn2c1C(=O)N[C@@H]1CCOC[C@H]1OCc1cscn1. The number of rotatable bonds is 5. The van der Waals surface area contributed by atoms with E-state index in [0.717, 1.165) is 11.3 Å². The number of imidazole rings is 1. The van der Waals surface area contributed by atoms with E-state index >= 15 is 0 Å². The Kier molecular flexibility index (Phi) is 4.96. The molecule has 1 aliphatic rings. The minimum atomic E-state index is -0.200. The number of amides is 1. The van der Waals surface area contributed by atoms with Gasteiger partial charge in [-0.3, -0.25) is 9.20 Å². The lowest BCUT2D eigenvalue weighted by molar-refractivity contribution is -0.0742. The third-order valence-corrected chi connectivity index (χ3v) is 5.10. The largest absolute Gasteiger partial charge is 0.379 e. The maximum absolute atomic E-state index is 12.9. The van der Waals surface area contributed by atoms with E-state index in [1.807, 2.05) is 41.1 Å². The number of fused-ring (bicyclic) bond motifs is 1. The first-order valence-electron chi connectivity index (χ1n) is 8.53. The topological polar surface area (TPSA) is 77.8 Å². The highest BCUT2D eigenvalue weighted by Crippen LogP contribution is 2.17. The number of hydrogen-bond donors (Lipinski definition) is 1. The zero-order chi connectivity index (χ0) is 17.9. The molecule has 8 heteroatoms. The lowest BCUT2D eigenvalue weighted by Gasteiger charge is -2.32. The van der Waals surface area contributed by atoms with Crippen LogP contribution in [-0.2, 0) is 16.1 Å². The van der Waals surface area contributed by atoms with E-state index in [1.54, 1.807) is 5.51 Å². The van der Waals surface area contributed by atoms with Gasteiger partial charge in [-0.05, 0) is 25.5 Å². The molecule has 0 aromatic carbocycles. The number of nitrogens with one attached hydrogen (secondary N) is 1. The van der Waals surface area contributed by atoms with Gasteiger partial charge >= 0.3 is 0 Å². The average Bonchev–Trinajstić information content (AvgIpc) is 3.27. The smallest absolute Gasteiger partial charge is 0.270 e. The molecule has 1 N–H and O–H groups in total. The molecule has 0 bridgehead atoms. The second-order valence-corrected chi connectivity index (χ2v) is 6.97. The average molecular weight is 372 g/mol. The number of carbonyl (C=O) groups excluding carboxylic acids is 1. The molecule has 0 saturated carbocycles. The fourth-order valence-corrected chi connectivity index (χ4v) is 3.71. The minimum Gasteiger partial charge on any atom is -0.379 e. The lowest BCUT2D eigenvalue weighted by atomic mass is 10.1. The van der Waals surface area contributed by atoms with Gasteiger partial charge in [0, 0.05) is 18.2 Å². The van der Waals surface area contributed by atoms with Gasteiger partial charge < -0.3 is 14.8 Å². The molecule has 7 nitrogen and oxygen atoms in total. The van der Waals surface area contributed by atoms with Crippen molar-refractivity contribution in [2.24, 2.45) is 0 Å². The molecule has 1 aliphatic heterocycles. The molecular formula is C18H20N4O3S. The summed E-state index contributed by atoms with van der Waals surface area (Å²) in [7, 11) is 0. The van der Waals surface area contributed by atoms with Gasteiger partial charge in [-0.2, -0.15) is 0 Å². The van der Waals surface area contributed by atoms with Crippen molar-refractivity contribution in [1.82, 2.24) is 19.7 Å². The molecule has 0 radical (unpaired) electrons. The highest BCUT2D eigenvalue weighted by Gasteiger charge is 2.29. The van der Waals surface area contributed by atoms with Crippen molar-refractivity contribution in [1.29, 1.82) is 0 Å². The maximum atomic E-state index is 12.9. The predicted octanol–water partition coefficient (Wildman–Crippen LogP) is 2.20. The Hall–Kier alpha value is -2.29.